The van der Waals surface area contributed by atoms with Crippen molar-refractivity contribution in [3.8, 4) is 0 Å². The third-order valence-corrected chi connectivity index (χ3v) is 3.22. The second kappa shape index (κ2) is 3.86. The molecule has 1 heterocycles. The first-order chi connectivity index (χ1) is 7.45. The van der Waals surface area contributed by atoms with Gasteiger partial charge < -0.3 is 14.2 Å². The summed E-state index contributed by atoms with van der Waals surface area (Å²) in [4.78, 5) is 10.9. The third kappa shape index (κ3) is 1.87. The zero-order valence-electron chi connectivity index (χ0n) is 9.99. The number of carbonyl (C=O) groups is 1. The molecule has 0 aromatic heterocycles. The molecule has 4 nitrogen and oxygen atoms in total. The van der Waals surface area contributed by atoms with Crippen LogP contribution in [0.2, 0.25) is 0 Å². The Hall–Kier alpha value is -0.870. The molecule has 0 saturated carbocycles. The summed E-state index contributed by atoms with van der Waals surface area (Å²) in [7, 11) is 0. The van der Waals surface area contributed by atoms with Crippen LogP contribution in [0.1, 0.15) is 27.2 Å². The Morgan fingerprint density at radius 3 is 2.50 bits per heavy atom. The van der Waals surface area contributed by atoms with E-state index in [1.54, 1.807) is 0 Å². The summed E-state index contributed by atoms with van der Waals surface area (Å²) in [6.45, 7) is 6.79. The van der Waals surface area contributed by atoms with E-state index in [9.17, 15) is 4.79 Å². The number of esters is 1. The molecule has 1 spiro atoms. The topological polar surface area (TPSA) is 44.8 Å². The van der Waals surface area contributed by atoms with Gasteiger partial charge in [-0.15, -0.1) is 0 Å². The van der Waals surface area contributed by atoms with Crippen LogP contribution in [0.15, 0.2) is 12.2 Å². The Bertz CT molecular complexity index is 313. The summed E-state index contributed by atoms with van der Waals surface area (Å²) in [5, 5.41) is 0. The molecule has 1 fully saturated rings. The van der Waals surface area contributed by atoms with Crippen LogP contribution in [0.5, 0.6) is 0 Å². The maximum Gasteiger partial charge on any atom is 0.303 e. The van der Waals surface area contributed by atoms with E-state index in [-0.39, 0.29) is 17.5 Å². The lowest BCUT2D eigenvalue weighted by atomic mass is 9.74. The first kappa shape index (κ1) is 11.6. The molecule has 1 atom stereocenters. The van der Waals surface area contributed by atoms with Crippen LogP contribution in [-0.4, -0.2) is 31.1 Å². The zero-order valence-corrected chi connectivity index (χ0v) is 9.99. The van der Waals surface area contributed by atoms with Crippen molar-refractivity contribution in [3.05, 3.63) is 12.2 Å². The molecular formula is C12H18O4. The highest BCUT2D eigenvalue weighted by atomic mass is 16.7. The molecule has 1 aliphatic heterocycles. The molecule has 0 bridgehead atoms. The lowest BCUT2D eigenvalue weighted by Gasteiger charge is -2.44. The molecule has 1 aliphatic carbocycles. The smallest absolute Gasteiger partial charge is 0.303 e. The van der Waals surface area contributed by atoms with Gasteiger partial charge in [-0.2, -0.15) is 0 Å². The monoisotopic (exact) mass is 226 g/mol. The summed E-state index contributed by atoms with van der Waals surface area (Å²) in [5.41, 5.74) is -0.196. The fourth-order valence-electron chi connectivity index (χ4n) is 2.38. The molecule has 1 unspecified atom stereocenters. The Balaban J connectivity index is 2.17. The van der Waals surface area contributed by atoms with Crippen LogP contribution >= 0.6 is 0 Å². The molecule has 4 heteroatoms. The fourth-order valence-corrected chi connectivity index (χ4v) is 2.38. The predicted octanol–water partition coefficient (Wildman–Crippen LogP) is 1.65. The minimum absolute atomic E-state index is 0.175. The maximum atomic E-state index is 10.9. The number of hydrogen-bond acceptors (Lipinski definition) is 4. The Morgan fingerprint density at radius 1 is 1.38 bits per heavy atom. The van der Waals surface area contributed by atoms with Crippen molar-refractivity contribution in [1.82, 2.24) is 0 Å². The van der Waals surface area contributed by atoms with E-state index in [4.69, 9.17) is 14.2 Å². The zero-order chi connectivity index (χ0) is 11.8. The number of hydrogen-bond donors (Lipinski definition) is 0. The summed E-state index contributed by atoms with van der Waals surface area (Å²) >= 11 is 0. The number of carbonyl (C=O) groups excluding carboxylic acids is 1. The molecule has 0 aromatic rings. The first-order valence-electron chi connectivity index (χ1n) is 5.60. The van der Waals surface area contributed by atoms with Crippen LogP contribution < -0.4 is 0 Å². The van der Waals surface area contributed by atoms with Crippen molar-refractivity contribution in [2.45, 2.75) is 39.1 Å². The van der Waals surface area contributed by atoms with Gasteiger partial charge in [0.15, 0.2) is 5.79 Å². The van der Waals surface area contributed by atoms with Crippen molar-refractivity contribution < 1.29 is 19.0 Å². The van der Waals surface area contributed by atoms with Gasteiger partial charge in [-0.3, -0.25) is 4.79 Å². The van der Waals surface area contributed by atoms with Gasteiger partial charge >= 0.3 is 5.97 Å². The second-order valence-electron chi connectivity index (χ2n) is 4.96. The highest BCUT2D eigenvalue weighted by molar-refractivity contribution is 5.66. The lowest BCUT2D eigenvalue weighted by molar-refractivity contribution is -0.206. The fraction of sp³-hybridized carbons (Fsp3) is 0.750. The van der Waals surface area contributed by atoms with Gasteiger partial charge in [0.05, 0.1) is 13.2 Å². The SMILES string of the molecule is CC(=O)OC1C=CC2(OCCO2)C(C)(C)C1. The Labute approximate surface area is 95.6 Å². The van der Waals surface area contributed by atoms with Gasteiger partial charge in [0.2, 0.25) is 0 Å². The average Bonchev–Trinajstić information content (AvgIpc) is 2.60. The van der Waals surface area contributed by atoms with E-state index in [1.165, 1.54) is 6.92 Å². The molecular weight excluding hydrogens is 208 g/mol. The maximum absolute atomic E-state index is 10.9. The van der Waals surface area contributed by atoms with Gasteiger partial charge in [-0.25, -0.2) is 0 Å². The normalized spacial score (nSPS) is 30.6. The summed E-state index contributed by atoms with van der Waals surface area (Å²) in [6.07, 6.45) is 4.28. The summed E-state index contributed by atoms with van der Waals surface area (Å²) < 4.78 is 16.6. The van der Waals surface area contributed by atoms with Crippen molar-refractivity contribution in [1.29, 1.82) is 0 Å². The van der Waals surface area contributed by atoms with E-state index in [0.717, 1.165) is 0 Å². The molecule has 1 saturated heterocycles. The molecule has 0 radical (unpaired) electrons. The van der Waals surface area contributed by atoms with Gasteiger partial charge in [0.1, 0.15) is 6.10 Å². The lowest BCUT2D eigenvalue weighted by Crippen LogP contribution is -2.49. The predicted molar refractivity (Wildman–Crippen MR) is 57.7 cm³/mol. The quantitative estimate of drug-likeness (QED) is 0.503. The molecule has 0 N–H and O–H groups in total. The minimum Gasteiger partial charge on any atom is -0.458 e. The molecule has 16 heavy (non-hydrogen) atoms. The summed E-state index contributed by atoms with van der Waals surface area (Å²) in [6, 6.07) is 0. The molecule has 0 aromatic carbocycles. The molecule has 90 valence electrons. The highest BCUT2D eigenvalue weighted by Crippen LogP contribution is 2.46. The van der Waals surface area contributed by atoms with Gasteiger partial charge in [0, 0.05) is 12.3 Å². The van der Waals surface area contributed by atoms with E-state index in [0.29, 0.717) is 19.6 Å². The van der Waals surface area contributed by atoms with Crippen LogP contribution in [0.3, 0.4) is 0 Å². The van der Waals surface area contributed by atoms with Crippen molar-refractivity contribution >= 4 is 5.97 Å². The average molecular weight is 226 g/mol. The van der Waals surface area contributed by atoms with E-state index >= 15 is 0 Å². The standard InChI is InChI=1S/C12H18O4/c1-9(13)16-10-4-5-12(11(2,3)8-10)14-6-7-15-12/h4-5,10H,6-8H2,1-3H3. The molecule has 0 amide bonds. The number of ether oxygens (including phenoxy) is 3. The highest BCUT2D eigenvalue weighted by Gasteiger charge is 2.51. The molecule has 2 aliphatic rings. The largest absolute Gasteiger partial charge is 0.458 e. The van der Waals surface area contributed by atoms with Crippen molar-refractivity contribution in [3.63, 3.8) is 0 Å². The van der Waals surface area contributed by atoms with E-state index < -0.39 is 5.79 Å². The van der Waals surface area contributed by atoms with Crippen LogP contribution in [0, 0.1) is 5.41 Å². The Morgan fingerprint density at radius 2 is 2.00 bits per heavy atom. The van der Waals surface area contributed by atoms with E-state index in [2.05, 4.69) is 13.8 Å². The van der Waals surface area contributed by atoms with Crippen LogP contribution in [0.4, 0.5) is 0 Å². The Kier molecular flexibility index (Phi) is 2.80. The summed E-state index contributed by atoms with van der Waals surface area (Å²) in [5.74, 6) is -0.890. The first-order valence-corrected chi connectivity index (χ1v) is 5.60. The van der Waals surface area contributed by atoms with Crippen LogP contribution in [-0.2, 0) is 19.0 Å². The number of rotatable bonds is 1. The van der Waals surface area contributed by atoms with Crippen molar-refractivity contribution in [2.24, 2.45) is 5.41 Å². The van der Waals surface area contributed by atoms with Crippen molar-refractivity contribution in [2.75, 3.05) is 13.2 Å². The van der Waals surface area contributed by atoms with Gasteiger partial charge in [-0.05, 0) is 18.6 Å². The van der Waals surface area contributed by atoms with Gasteiger partial charge in [-0.1, -0.05) is 13.8 Å². The second-order valence-corrected chi connectivity index (χ2v) is 4.96. The van der Waals surface area contributed by atoms with Gasteiger partial charge in [0.25, 0.3) is 0 Å². The minimum atomic E-state index is -0.635. The third-order valence-electron chi connectivity index (χ3n) is 3.22. The van der Waals surface area contributed by atoms with E-state index in [1.807, 2.05) is 12.2 Å². The van der Waals surface area contributed by atoms with Crippen LogP contribution in [0.25, 0.3) is 0 Å². The molecule has 2 rings (SSSR count).